The van der Waals surface area contributed by atoms with E-state index in [0.29, 0.717) is 5.92 Å². The lowest BCUT2D eigenvalue weighted by molar-refractivity contribution is 0.536. The van der Waals surface area contributed by atoms with Gasteiger partial charge in [-0.2, -0.15) is 0 Å². The molecule has 2 aromatic rings. The summed E-state index contributed by atoms with van der Waals surface area (Å²) >= 11 is 0. The molecule has 1 fully saturated rings. The van der Waals surface area contributed by atoms with E-state index in [9.17, 15) is 0 Å². The second-order valence-corrected chi connectivity index (χ2v) is 5.74. The molecule has 0 aliphatic heterocycles. The second-order valence-electron chi connectivity index (χ2n) is 5.74. The molecular weight excluding hydrogens is 242 g/mol. The van der Waals surface area contributed by atoms with Gasteiger partial charge in [-0.15, -0.1) is 0 Å². The van der Waals surface area contributed by atoms with Crippen LogP contribution in [0.3, 0.4) is 0 Å². The van der Waals surface area contributed by atoms with Gasteiger partial charge in [0.1, 0.15) is 0 Å². The van der Waals surface area contributed by atoms with Crippen molar-refractivity contribution in [3.63, 3.8) is 0 Å². The Morgan fingerprint density at radius 2 is 1.65 bits per heavy atom. The van der Waals surface area contributed by atoms with E-state index in [4.69, 9.17) is 0 Å². The third-order valence-corrected chi connectivity index (χ3v) is 4.43. The lowest BCUT2D eigenvalue weighted by atomic mass is 9.91. The second kappa shape index (κ2) is 6.23. The third-order valence-electron chi connectivity index (χ3n) is 4.43. The first-order valence-corrected chi connectivity index (χ1v) is 7.70. The van der Waals surface area contributed by atoms with Crippen molar-refractivity contribution in [1.29, 1.82) is 0 Å². The summed E-state index contributed by atoms with van der Waals surface area (Å²) in [7, 11) is 0. The Kier molecular flexibility index (Phi) is 4.17. The summed E-state index contributed by atoms with van der Waals surface area (Å²) in [5, 5.41) is 3.54. The molecule has 3 rings (SSSR count). The maximum atomic E-state index is 3.54. The SMILES string of the molecule is CCNCC(c1ccccc1)C1CC1c1ccccc1. The Labute approximate surface area is 122 Å². The number of benzene rings is 2. The van der Waals surface area contributed by atoms with Gasteiger partial charge in [-0.25, -0.2) is 0 Å². The number of rotatable bonds is 6. The van der Waals surface area contributed by atoms with Gasteiger partial charge in [-0.1, -0.05) is 67.6 Å². The van der Waals surface area contributed by atoms with Crippen molar-refractivity contribution >= 4 is 0 Å². The van der Waals surface area contributed by atoms with Crippen molar-refractivity contribution in [1.82, 2.24) is 5.32 Å². The van der Waals surface area contributed by atoms with Crippen LogP contribution in [0, 0.1) is 5.92 Å². The smallest absolute Gasteiger partial charge is 0.00229 e. The van der Waals surface area contributed by atoms with Gasteiger partial charge >= 0.3 is 0 Å². The minimum Gasteiger partial charge on any atom is -0.316 e. The highest BCUT2D eigenvalue weighted by Gasteiger charge is 2.43. The summed E-state index contributed by atoms with van der Waals surface area (Å²) in [4.78, 5) is 0. The van der Waals surface area contributed by atoms with Gasteiger partial charge in [0.15, 0.2) is 0 Å². The average Bonchev–Trinajstić information content (AvgIpc) is 3.30. The minimum atomic E-state index is 0.640. The standard InChI is InChI=1S/C19H23N/c1-2-20-14-19(16-11-7-4-8-12-16)18-13-17(18)15-9-5-3-6-10-15/h3-12,17-20H,2,13-14H2,1H3. The summed E-state index contributed by atoms with van der Waals surface area (Å²) in [6.45, 7) is 4.32. The van der Waals surface area contributed by atoms with Crippen LogP contribution in [0.1, 0.15) is 36.3 Å². The molecule has 1 N–H and O–H groups in total. The number of nitrogens with one attached hydrogen (secondary N) is 1. The van der Waals surface area contributed by atoms with Crippen LogP contribution in [0.25, 0.3) is 0 Å². The molecule has 0 aromatic heterocycles. The first-order chi connectivity index (χ1) is 9.90. The molecule has 0 bridgehead atoms. The van der Waals surface area contributed by atoms with E-state index in [-0.39, 0.29) is 0 Å². The zero-order valence-corrected chi connectivity index (χ0v) is 12.1. The summed E-state index contributed by atoms with van der Waals surface area (Å²) < 4.78 is 0. The van der Waals surface area contributed by atoms with E-state index < -0.39 is 0 Å². The van der Waals surface area contributed by atoms with E-state index in [1.165, 1.54) is 17.5 Å². The molecule has 1 aliphatic carbocycles. The van der Waals surface area contributed by atoms with Gasteiger partial charge in [0, 0.05) is 6.54 Å². The third kappa shape index (κ3) is 2.94. The van der Waals surface area contributed by atoms with E-state index >= 15 is 0 Å². The Bertz CT molecular complexity index is 520. The van der Waals surface area contributed by atoms with Crippen LogP contribution in [-0.4, -0.2) is 13.1 Å². The summed E-state index contributed by atoms with van der Waals surface area (Å²) in [5.41, 5.74) is 2.99. The molecule has 1 heteroatoms. The Hall–Kier alpha value is -1.60. The fraction of sp³-hybridized carbons (Fsp3) is 0.368. The van der Waals surface area contributed by atoms with Gasteiger partial charge in [-0.3, -0.25) is 0 Å². The molecule has 1 saturated carbocycles. The van der Waals surface area contributed by atoms with Crippen molar-refractivity contribution in [3.8, 4) is 0 Å². The first kappa shape index (κ1) is 13.4. The predicted molar refractivity (Wildman–Crippen MR) is 85.0 cm³/mol. The van der Waals surface area contributed by atoms with Crippen molar-refractivity contribution in [3.05, 3.63) is 71.8 Å². The molecule has 104 valence electrons. The zero-order valence-electron chi connectivity index (χ0n) is 12.1. The van der Waals surface area contributed by atoms with Crippen LogP contribution in [0.15, 0.2) is 60.7 Å². The monoisotopic (exact) mass is 265 g/mol. The van der Waals surface area contributed by atoms with Crippen molar-refractivity contribution in [2.75, 3.05) is 13.1 Å². The Balaban J connectivity index is 1.75. The number of hydrogen-bond donors (Lipinski definition) is 1. The predicted octanol–water partition coefficient (Wildman–Crippen LogP) is 4.18. The van der Waals surface area contributed by atoms with Crippen LogP contribution in [0.5, 0.6) is 0 Å². The molecule has 0 heterocycles. The van der Waals surface area contributed by atoms with Gasteiger partial charge in [0.2, 0.25) is 0 Å². The lowest BCUT2D eigenvalue weighted by Crippen LogP contribution is -2.22. The fourth-order valence-corrected chi connectivity index (χ4v) is 3.26. The van der Waals surface area contributed by atoms with Gasteiger partial charge < -0.3 is 5.32 Å². The van der Waals surface area contributed by atoms with Crippen molar-refractivity contribution in [2.45, 2.75) is 25.2 Å². The van der Waals surface area contributed by atoms with Crippen LogP contribution in [-0.2, 0) is 0 Å². The summed E-state index contributed by atoms with van der Waals surface area (Å²) in [5.74, 6) is 2.18. The fourth-order valence-electron chi connectivity index (χ4n) is 3.26. The lowest BCUT2D eigenvalue weighted by Gasteiger charge is -2.18. The molecule has 0 saturated heterocycles. The van der Waals surface area contributed by atoms with Crippen LogP contribution >= 0.6 is 0 Å². The molecule has 0 radical (unpaired) electrons. The van der Waals surface area contributed by atoms with Crippen molar-refractivity contribution < 1.29 is 0 Å². The van der Waals surface area contributed by atoms with E-state index in [0.717, 1.165) is 24.9 Å². The maximum absolute atomic E-state index is 3.54. The number of hydrogen-bond acceptors (Lipinski definition) is 1. The molecule has 3 unspecified atom stereocenters. The quantitative estimate of drug-likeness (QED) is 0.826. The summed E-state index contributed by atoms with van der Waals surface area (Å²) in [6.07, 6.45) is 1.33. The minimum absolute atomic E-state index is 0.640. The molecule has 20 heavy (non-hydrogen) atoms. The average molecular weight is 265 g/mol. The molecule has 1 nitrogen and oxygen atoms in total. The topological polar surface area (TPSA) is 12.0 Å². The molecule has 2 aromatic carbocycles. The Morgan fingerprint density at radius 1 is 1.00 bits per heavy atom. The molecule has 3 atom stereocenters. The van der Waals surface area contributed by atoms with E-state index in [2.05, 4.69) is 72.9 Å². The molecular formula is C19H23N. The summed E-state index contributed by atoms with van der Waals surface area (Å²) in [6, 6.07) is 22.0. The van der Waals surface area contributed by atoms with Crippen LogP contribution < -0.4 is 5.32 Å². The highest BCUT2D eigenvalue weighted by Crippen LogP contribution is 2.54. The van der Waals surface area contributed by atoms with Crippen molar-refractivity contribution in [2.24, 2.45) is 5.92 Å². The van der Waals surface area contributed by atoms with Gasteiger partial charge in [-0.05, 0) is 41.8 Å². The normalized spacial score (nSPS) is 22.4. The Morgan fingerprint density at radius 3 is 2.30 bits per heavy atom. The van der Waals surface area contributed by atoms with E-state index in [1.54, 1.807) is 0 Å². The van der Waals surface area contributed by atoms with Crippen LogP contribution in [0.4, 0.5) is 0 Å². The van der Waals surface area contributed by atoms with Gasteiger partial charge in [0.05, 0.1) is 0 Å². The largest absolute Gasteiger partial charge is 0.316 e. The highest BCUT2D eigenvalue weighted by molar-refractivity contribution is 5.31. The maximum Gasteiger partial charge on any atom is 0.00229 e. The highest BCUT2D eigenvalue weighted by atomic mass is 14.9. The van der Waals surface area contributed by atoms with Crippen LogP contribution in [0.2, 0.25) is 0 Å². The van der Waals surface area contributed by atoms with Gasteiger partial charge in [0.25, 0.3) is 0 Å². The van der Waals surface area contributed by atoms with E-state index in [1.807, 2.05) is 0 Å². The molecule has 0 spiro atoms. The zero-order chi connectivity index (χ0) is 13.8. The number of likely N-dealkylation sites (N-methyl/N-ethyl adjacent to an activating group) is 1. The molecule has 0 amide bonds. The molecule has 1 aliphatic rings. The first-order valence-electron chi connectivity index (χ1n) is 7.70.